The summed E-state index contributed by atoms with van der Waals surface area (Å²) in [5, 5.41) is 11.5. The molecule has 206 valence electrons. The Balaban J connectivity index is 1.51. The van der Waals surface area contributed by atoms with Crippen LogP contribution in [0.2, 0.25) is 0 Å². The smallest absolute Gasteiger partial charge is 0.333 e. The predicted octanol–water partition coefficient (Wildman–Crippen LogP) is 4.75. The van der Waals surface area contributed by atoms with Gasteiger partial charge in [-0.2, -0.15) is 0 Å². The Morgan fingerprint density at radius 2 is 2.05 bits per heavy atom. The van der Waals surface area contributed by atoms with Crippen LogP contribution in [0.3, 0.4) is 0 Å². The molecule has 0 bridgehead atoms. The molecule has 0 radical (unpaired) electrons. The number of carbonyl (C=O) groups is 2. The largest absolute Gasteiger partial charge is 0.472 e. The molecule has 38 heavy (non-hydrogen) atoms. The number of ether oxygens (including phenoxy) is 3. The van der Waals surface area contributed by atoms with Crippen LogP contribution < -0.4 is 0 Å². The predicted molar refractivity (Wildman–Crippen MR) is 139 cm³/mol. The van der Waals surface area contributed by atoms with Gasteiger partial charge in [-0.3, -0.25) is 0 Å². The number of esters is 1. The molecule has 7 heteroatoms. The zero-order valence-electron chi connectivity index (χ0n) is 23.2. The van der Waals surface area contributed by atoms with Gasteiger partial charge in [0.05, 0.1) is 43.5 Å². The maximum absolute atomic E-state index is 13.1. The van der Waals surface area contributed by atoms with Crippen molar-refractivity contribution in [3.63, 3.8) is 0 Å². The second-order valence-electron chi connectivity index (χ2n) is 13.0. The van der Waals surface area contributed by atoms with E-state index in [0.717, 1.165) is 18.3 Å². The summed E-state index contributed by atoms with van der Waals surface area (Å²) in [6, 6.07) is 2.01. The zero-order chi connectivity index (χ0) is 27.2. The minimum Gasteiger partial charge on any atom is -0.472 e. The molecular formula is C31H40O7. The molecule has 1 aromatic rings. The van der Waals surface area contributed by atoms with Crippen molar-refractivity contribution in [1.82, 2.24) is 0 Å². The maximum atomic E-state index is 13.1. The molecular weight excluding hydrogens is 484 g/mol. The minimum atomic E-state index is -0.698. The Kier molecular flexibility index (Phi) is 5.92. The number of aldehydes is 1. The van der Waals surface area contributed by atoms with Crippen LogP contribution in [0.4, 0.5) is 0 Å². The van der Waals surface area contributed by atoms with E-state index in [-0.39, 0.29) is 42.0 Å². The fraction of sp³-hybridized carbons (Fsp3) is 0.677. The molecule has 2 saturated carbocycles. The summed E-state index contributed by atoms with van der Waals surface area (Å²) in [5.41, 5.74) is 2.57. The lowest BCUT2D eigenvalue weighted by Gasteiger charge is -2.65. The van der Waals surface area contributed by atoms with E-state index in [4.69, 9.17) is 18.6 Å². The van der Waals surface area contributed by atoms with E-state index in [2.05, 4.69) is 27.7 Å². The number of allylic oxidation sites excluding steroid dienone is 2. The molecule has 11 atom stereocenters. The van der Waals surface area contributed by atoms with Crippen molar-refractivity contribution in [2.75, 3.05) is 6.61 Å². The molecule has 7 nitrogen and oxygen atoms in total. The van der Waals surface area contributed by atoms with Crippen LogP contribution in [-0.4, -0.2) is 54.5 Å². The van der Waals surface area contributed by atoms with E-state index in [1.807, 2.05) is 13.0 Å². The van der Waals surface area contributed by atoms with Gasteiger partial charge in [-0.05, 0) is 50.3 Å². The highest BCUT2D eigenvalue weighted by Gasteiger charge is 2.77. The highest BCUT2D eigenvalue weighted by Crippen LogP contribution is 2.73. The summed E-state index contributed by atoms with van der Waals surface area (Å²) in [6.45, 7) is 12.7. The van der Waals surface area contributed by atoms with Gasteiger partial charge in [0.2, 0.25) is 0 Å². The first kappa shape index (κ1) is 26.0. The lowest BCUT2D eigenvalue weighted by atomic mass is 9.40. The zero-order valence-corrected chi connectivity index (χ0v) is 23.2. The summed E-state index contributed by atoms with van der Waals surface area (Å²) in [4.78, 5) is 25.5. The normalized spacial score (nSPS) is 47.5. The van der Waals surface area contributed by atoms with Crippen molar-refractivity contribution in [3.05, 3.63) is 47.0 Å². The fourth-order valence-electron chi connectivity index (χ4n) is 9.55. The quantitative estimate of drug-likeness (QED) is 0.257. The van der Waals surface area contributed by atoms with Crippen molar-refractivity contribution >= 4 is 12.3 Å². The molecule has 4 fully saturated rings. The number of carbonyl (C=O) groups excluding carboxylic acids is 2. The Morgan fingerprint density at radius 3 is 2.71 bits per heavy atom. The van der Waals surface area contributed by atoms with Crippen LogP contribution in [0.25, 0.3) is 0 Å². The SMILES string of the molecule is CC=C(C)C(=O)OC1CC(O)C2(C)COC3C4OC5C(=C(C)CC5c5ccoc5)C4(C)C(CC=O)C1(C)C32. The van der Waals surface area contributed by atoms with Gasteiger partial charge in [-0.25, -0.2) is 4.79 Å². The molecule has 0 spiro atoms. The number of fused-ring (bicyclic) bond motifs is 4. The maximum Gasteiger partial charge on any atom is 0.333 e. The van der Waals surface area contributed by atoms with Crippen molar-refractivity contribution in [2.24, 2.45) is 28.1 Å². The molecule has 11 unspecified atom stereocenters. The first-order chi connectivity index (χ1) is 18.0. The molecule has 2 saturated heterocycles. The van der Waals surface area contributed by atoms with Gasteiger partial charge >= 0.3 is 5.97 Å². The lowest BCUT2D eigenvalue weighted by molar-refractivity contribution is -0.247. The van der Waals surface area contributed by atoms with Crippen LogP contribution in [0.15, 0.2) is 45.8 Å². The topological polar surface area (TPSA) is 95.2 Å². The van der Waals surface area contributed by atoms with Gasteiger partial charge in [0.25, 0.3) is 0 Å². The van der Waals surface area contributed by atoms with E-state index in [9.17, 15) is 14.7 Å². The summed E-state index contributed by atoms with van der Waals surface area (Å²) < 4.78 is 25.3. The number of aliphatic hydroxyl groups excluding tert-OH is 1. The van der Waals surface area contributed by atoms with E-state index >= 15 is 0 Å². The monoisotopic (exact) mass is 524 g/mol. The summed E-state index contributed by atoms with van der Waals surface area (Å²) in [7, 11) is 0. The molecule has 1 aromatic heterocycles. The average molecular weight is 525 g/mol. The number of furan rings is 1. The van der Waals surface area contributed by atoms with Crippen molar-refractivity contribution in [3.8, 4) is 0 Å². The van der Waals surface area contributed by atoms with E-state index in [0.29, 0.717) is 25.0 Å². The Hall–Kier alpha value is -2.22. The van der Waals surface area contributed by atoms with Gasteiger partial charge in [0.15, 0.2) is 0 Å². The Bertz CT molecular complexity index is 1200. The van der Waals surface area contributed by atoms with E-state index in [1.165, 1.54) is 11.1 Å². The van der Waals surface area contributed by atoms with Gasteiger partial charge in [0, 0.05) is 46.5 Å². The van der Waals surface area contributed by atoms with Crippen molar-refractivity contribution < 1.29 is 33.3 Å². The molecule has 6 rings (SSSR count). The summed E-state index contributed by atoms with van der Waals surface area (Å²) in [6.07, 6.45) is 5.83. The van der Waals surface area contributed by atoms with Crippen molar-refractivity contribution in [2.45, 2.75) is 97.2 Å². The van der Waals surface area contributed by atoms with Crippen LogP contribution in [-0.2, 0) is 23.8 Å². The standard InChI is InChI=1S/C31H40O7/c1-7-16(2)28(34)37-22-13-21(33)29(4)15-36-25-26(29)30(22,5)20(8-10-32)31(6)23-17(3)12-19(18-9-11-35-14-18)24(23)38-27(25)31/h7,9-11,14,19-22,24-27,33H,8,12-13,15H2,1-6H3. The minimum absolute atomic E-state index is 0.132. The Morgan fingerprint density at radius 1 is 1.29 bits per heavy atom. The highest BCUT2D eigenvalue weighted by molar-refractivity contribution is 5.87. The van der Waals surface area contributed by atoms with Gasteiger partial charge in [-0.1, -0.05) is 32.4 Å². The summed E-state index contributed by atoms with van der Waals surface area (Å²) >= 11 is 0. The molecule has 3 heterocycles. The molecule has 3 aliphatic carbocycles. The molecule has 1 N–H and O–H groups in total. The third-order valence-electron chi connectivity index (χ3n) is 11.4. The third-order valence-corrected chi connectivity index (χ3v) is 11.4. The highest BCUT2D eigenvalue weighted by atomic mass is 16.6. The van der Waals surface area contributed by atoms with E-state index < -0.39 is 28.5 Å². The second-order valence-corrected chi connectivity index (χ2v) is 13.0. The second kappa shape index (κ2) is 8.64. The Labute approximate surface area is 224 Å². The van der Waals surface area contributed by atoms with Gasteiger partial charge in [0.1, 0.15) is 12.4 Å². The van der Waals surface area contributed by atoms with Crippen LogP contribution in [0.1, 0.15) is 72.3 Å². The van der Waals surface area contributed by atoms with Crippen LogP contribution in [0.5, 0.6) is 0 Å². The van der Waals surface area contributed by atoms with Crippen LogP contribution in [0, 0.1) is 28.1 Å². The summed E-state index contributed by atoms with van der Waals surface area (Å²) in [5.74, 6) is -0.534. The molecule has 5 aliphatic rings. The first-order valence-corrected chi connectivity index (χ1v) is 14.0. The van der Waals surface area contributed by atoms with Crippen LogP contribution >= 0.6 is 0 Å². The fourth-order valence-corrected chi connectivity index (χ4v) is 9.55. The van der Waals surface area contributed by atoms with Gasteiger partial charge in [-0.15, -0.1) is 0 Å². The number of aliphatic hydroxyl groups is 1. The molecule has 0 aromatic carbocycles. The lowest BCUT2D eigenvalue weighted by Crippen LogP contribution is -2.70. The third kappa shape index (κ3) is 3.12. The molecule has 2 aliphatic heterocycles. The van der Waals surface area contributed by atoms with E-state index in [1.54, 1.807) is 25.5 Å². The average Bonchev–Trinajstić information content (AvgIpc) is 3.65. The van der Waals surface area contributed by atoms with Gasteiger partial charge < -0.3 is 28.5 Å². The number of rotatable bonds is 5. The number of hydrogen-bond donors (Lipinski definition) is 1. The first-order valence-electron chi connectivity index (χ1n) is 14.0. The number of hydrogen-bond acceptors (Lipinski definition) is 7. The molecule has 0 amide bonds. The van der Waals surface area contributed by atoms with Crippen molar-refractivity contribution in [1.29, 1.82) is 0 Å².